The van der Waals surface area contributed by atoms with Crippen LogP contribution in [0.1, 0.15) is 23.1 Å². The number of hydrogen-bond acceptors (Lipinski definition) is 3. The van der Waals surface area contributed by atoms with E-state index in [0.29, 0.717) is 30.8 Å². The van der Waals surface area contributed by atoms with Gasteiger partial charge in [-0.1, -0.05) is 23.7 Å². The van der Waals surface area contributed by atoms with Gasteiger partial charge in [0.2, 0.25) is 5.91 Å². The van der Waals surface area contributed by atoms with Crippen LogP contribution in [-0.4, -0.2) is 22.7 Å². The van der Waals surface area contributed by atoms with Gasteiger partial charge in [-0.05, 0) is 60.7 Å². The topological polar surface area (TPSA) is 69.6 Å². The number of hydrogen-bond donors (Lipinski definition) is 3. The average molecular weight is 334 g/mol. The minimum absolute atomic E-state index is 0.0133. The molecule has 2 rings (SSSR count). The van der Waals surface area contributed by atoms with Gasteiger partial charge in [0.15, 0.2) is 11.5 Å². The molecule has 0 saturated carbocycles. The Balaban J connectivity index is 1.76. The molecule has 5 heteroatoms. The Morgan fingerprint density at radius 1 is 1.09 bits per heavy atom. The zero-order valence-electron chi connectivity index (χ0n) is 13.0. The van der Waals surface area contributed by atoms with Crippen LogP contribution in [0.25, 0.3) is 0 Å². The highest BCUT2D eigenvalue weighted by Gasteiger charge is 2.07. The lowest BCUT2D eigenvalue weighted by molar-refractivity contribution is -0.121. The van der Waals surface area contributed by atoms with Crippen molar-refractivity contribution in [2.45, 2.75) is 26.2 Å². The van der Waals surface area contributed by atoms with Crippen molar-refractivity contribution in [2.75, 3.05) is 6.54 Å². The summed E-state index contributed by atoms with van der Waals surface area (Å²) in [6.07, 6.45) is 1.69. The Morgan fingerprint density at radius 3 is 2.43 bits per heavy atom. The van der Waals surface area contributed by atoms with Crippen LogP contribution < -0.4 is 5.32 Å². The summed E-state index contributed by atoms with van der Waals surface area (Å²) in [5.41, 5.74) is 2.86. The molecule has 122 valence electrons. The van der Waals surface area contributed by atoms with Gasteiger partial charge in [-0.2, -0.15) is 0 Å². The predicted molar refractivity (Wildman–Crippen MR) is 91.0 cm³/mol. The molecule has 0 aliphatic rings. The average Bonchev–Trinajstić information content (AvgIpc) is 2.52. The minimum Gasteiger partial charge on any atom is -0.504 e. The van der Waals surface area contributed by atoms with E-state index in [2.05, 4.69) is 5.32 Å². The molecule has 0 atom stereocenters. The fourth-order valence-electron chi connectivity index (χ4n) is 2.33. The maximum absolute atomic E-state index is 11.9. The van der Waals surface area contributed by atoms with Crippen molar-refractivity contribution in [3.8, 4) is 11.5 Å². The Labute approximate surface area is 140 Å². The molecule has 0 radical (unpaired) electrons. The number of nitrogens with one attached hydrogen (secondary N) is 1. The summed E-state index contributed by atoms with van der Waals surface area (Å²) in [6, 6.07) is 10.5. The molecule has 0 aliphatic heterocycles. The van der Waals surface area contributed by atoms with Gasteiger partial charge < -0.3 is 15.5 Å². The van der Waals surface area contributed by atoms with E-state index in [1.165, 1.54) is 12.1 Å². The molecule has 0 aliphatic carbocycles. The zero-order valence-corrected chi connectivity index (χ0v) is 13.7. The van der Waals surface area contributed by atoms with E-state index in [9.17, 15) is 15.0 Å². The lowest BCUT2D eigenvalue weighted by Gasteiger charge is -2.09. The minimum atomic E-state index is -0.139. The van der Waals surface area contributed by atoms with E-state index in [1.807, 2.05) is 31.2 Å². The normalized spacial score (nSPS) is 10.5. The summed E-state index contributed by atoms with van der Waals surface area (Å²) < 4.78 is 0. The molecule has 0 unspecified atom stereocenters. The molecule has 0 spiro atoms. The lowest BCUT2D eigenvalue weighted by Crippen LogP contribution is -2.26. The maximum Gasteiger partial charge on any atom is 0.220 e. The molecule has 23 heavy (non-hydrogen) atoms. The largest absolute Gasteiger partial charge is 0.504 e. The first-order valence-electron chi connectivity index (χ1n) is 7.48. The number of rotatable bonds is 6. The third-order valence-electron chi connectivity index (χ3n) is 3.70. The third kappa shape index (κ3) is 5.18. The molecular formula is C18H20ClNO3. The first kappa shape index (κ1) is 17.2. The highest BCUT2D eigenvalue weighted by molar-refractivity contribution is 6.30. The molecule has 0 fully saturated rings. The number of carbonyl (C=O) groups is 1. The van der Waals surface area contributed by atoms with Crippen LogP contribution in [0.5, 0.6) is 11.5 Å². The first-order valence-corrected chi connectivity index (χ1v) is 7.86. The van der Waals surface area contributed by atoms with Crippen LogP contribution >= 0.6 is 11.6 Å². The van der Waals surface area contributed by atoms with Gasteiger partial charge in [-0.25, -0.2) is 0 Å². The fourth-order valence-corrected chi connectivity index (χ4v) is 2.45. The highest BCUT2D eigenvalue weighted by atomic mass is 35.5. The lowest BCUT2D eigenvalue weighted by atomic mass is 10.0. The molecule has 2 aromatic rings. The SMILES string of the molecule is Cc1cc(O)c(O)cc1CCNC(=O)CCc1ccc(Cl)cc1. The quantitative estimate of drug-likeness (QED) is 0.710. The second-order valence-electron chi connectivity index (χ2n) is 5.49. The van der Waals surface area contributed by atoms with Crippen molar-refractivity contribution >= 4 is 17.5 Å². The maximum atomic E-state index is 11.9. The number of benzene rings is 2. The Hall–Kier alpha value is -2.20. The smallest absolute Gasteiger partial charge is 0.220 e. The van der Waals surface area contributed by atoms with E-state index in [-0.39, 0.29) is 17.4 Å². The molecular weight excluding hydrogens is 314 g/mol. The Morgan fingerprint density at radius 2 is 1.74 bits per heavy atom. The summed E-state index contributed by atoms with van der Waals surface area (Å²) in [4.78, 5) is 11.9. The van der Waals surface area contributed by atoms with E-state index < -0.39 is 0 Å². The van der Waals surface area contributed by atoms with E-state index >= 15 is 0 Å². The molecule has 1 amide bonds. The van der Waals surface area contributed by atoms with Crippen molar-refractivity contribution in [2.24, 2.45) is 0 Å². The number of carbonyl (C=O) groups excluding carboxylic acids is 1. The number of phenols is 2. The number of aryl methyl sites for hydroxylation is 2. The summed E-state index contributed by atoms with van der Waals surface area (Å²) in [7, 11) is 0. The standard InChI is InChI=1S/C18H20ClNO3/c1-12-10-16(21)17(22)11-14(12)8-9-20-18(23)7-4-13-2-5-15(19)6-3-13/h2-3,5-6,10-11,21-22H,4,7-9H2,1H3,(H,20,23). The molecule has 3 N–H and O–H groups in total. The van der Waals surface area contributed by atoms with Gasteiger partial charge in [0.25, 0.3) is 0 Å². The summed E-state index contributed by atoms with van der Waals surface area (Å²) in [6.45, 7) is 2.35. The molecule has 0 bridgehead atoms. The van der Waals surface area contributed by atoms with Crippen LogP contribution in [0, 0.1) is 6.92 Å². The zero-order chi connectivity index (χ0) is 16.8. The van der Waals surface area contributed by atoms with Gasteiger partial charge in [0, 0.05) is 18.0 Å². The van der Waals surface area contributed by atoms with Gasteiger partial charge >= 0.3 is 0 Å². The van der Waals surface area contributed by atoms with Gasteiger partial charge in [0.1, 0.15) is 0 Å². The second-order valence-corrected chi connectivity index (χ2v) is 5.93. The van der Waals surface area contributed by atoms with Crippen LogP contribution in [0.15, 0.2) is 36.4 Å². The van der Waals surface area contributed by atoms with Crippen molar-refractivity contribution in [3.05, 3.63) is 58.1 Å². The van der Waals surface area contributed by atoms with E-state index in [1.54, 1.807) is 0 Å². The van der Waals surface area contributed by atoms with Crippen LogP contribution in [-0.2, 0) is 17.6 Å². The molecule has 0 saturated heterocycles. The van der Waals surface area contributed by atoms with E-state index in [4.69, 9.17) is 11.6 Å². The van der Waals surface area contributed by atoms with Crippen molar-refractivity contribution in [1.29, 1.82) is 0 Å². The highest BCUT2D eigenvalue weighted by Crippen LogP contribution is 2.28. The number of amides is 1. The van der Waals surface area contributed by atoms with Crippen molar-refractivity contribution in [1.82, 2.24) is 5.32 Å². The second kappa shape index (κ2) is 7.88. The number of halogens is 1. The molecule has 0 heterocycles. The van der Waals surface area contributed by atoms with E-state index in [0.717, 1.165) is 16.7 Å². The fraction of sp³-hybridized carbons (Fsp3) is 0.278. The van der Waals surface area contributed by atoms with Crippen molar-refractivity contribution in [3.63, 3.8) is 0 Å². The molecule has 4 nitrogen and oxygen atoms in total. The monoisotopic (exact) mass is 333 g/mol. The summed E-state index contributed by atoms with van der Waals surface area (Å²) in [5, 5.41) is 22.5. The first-order chi connectivity index (χ1) is 11.0. The predicted octanol–water partition coefficient (Wildman–Crippen LogP) is 3.35. The molecule has 0 aromatic heterocycles. The number of phenolic OH excluding ortho intramolecular Hbond substituents is 2. The van der Waals surface area contributed by atoms with Crippen LogP contribution in [0.3, 0.4) is 0 Å². The molecule has 2 aromatic carbocycles. The Kier molecular flexibility index (Phi) is 5.88. The number of aromatic hydroxyl groups is 2. The summed E-state index contributed by atoms with van der Waals surface area (Å²) in [5.74, 6) is -0.279. The van der Waals surface area contributed by atoms with Crippen LogP contribution in [0.2, 0.25) is 5.02 Å². The third-order valence-corrected chi connectivity index (χ3v) is 3.96. The summed E-state index contributed by atoms with van der Waals surface area (Å²) >= 11 is 5.82. The van der Waals surface area contributed by atoms with Gasteiger partial charge in [-0.15, -0.1) is 0 Å². The van der Waals surface area contributed by atoms with Gasteiger partial charge in [-0.3, -0.25) is 4.79 Å². The van der Waals surface area contributed by atoms with Gasteiger partial charge in [0.05, 0.1) is 0 Å². The Bertz CT molecular complexity index is 683. The van der Waals surface area contributed by atoms with Crippen molar-refractivity contribution < 1.29 is 15.0 Å². The van der Waals surface area contributed by atoms with Crippen LogP contribution in [0.4, 0.5) is 0 Å².